The molecule has 0 saturated carbocycles. The maximum Gasteiger partial charge on any atom is 0.132 e. The van der Waals surface area contributed by atoms with Crippen LogP contribution in [0.25, 0.3) is 0 Å². The SMILES string of the molecule is CCCCCC(=O)CCCCCC=O. The third-order valence-electron chi connectivity index (χ3n) is 2.34. The van der Waals surface area contributed by atoms with E-state index in [0.29, 0.717) is 18.6 Å². The molecule has 14 heavy (non-hydrogen) atoms. The van der Waals surface area contributed by atoms with Crippen LogP contribution in [0.1, 0.15) is 64.7 Å². The van der Waals surface area contributed by atoms with Crippen molar-refractivity contribution in [3.63, 3.8) is 0 Å². The molecule has 0 unspecified atom stereocenters. The maximum absolute atomic E-state index is 11.3. The first-order valence-electron chi connectivity index (χ1n) is 5.76. The molecule has 0 saturated heterocycles. The normalized spacial score (nSPS) is 10.1. The van der Waals surface area contributed by atoms with Crippen LogP contribution in [0.2, 0.25) is 0 Å². The lowest BCUT2D eigenvalue weighted by Crippen LogP contribution is -1.97. The Balaban J connectivity index is 3.14. The van der Waals surface area contributed by atoms with Crippen molar-refractivity contribution in [2.24, 2.45) is 0 Å². The topological polar surface area (TPSA) is 34.1 Å². The number of hydrogen-bond donors (Lipinski definition) is 0. The molecular formula is C12H22O2. The number of carbonyl (C=O) groups is 2. The zero-order valence-electron chi connectivity index (χ0n) is 9.26. The van der Waals surface area contributed by atoms with Crippen molar-refractivity contribution in [3.8, 4) is 0 Å². The molecule has 0 bridgehead atoms. The summed E-state index contributed by atoms with van der Waals surface area (Å²) in [5.74, 6) is 0.393. The van der Waals surface area contributed by atoms with Gasteiger partial charge in [0.25, 0.3) is 0 Å². The monoisotopic (exact) mass is 198 g/mol. The second-order valence-electron chi connectivity index (χ2n) is 3.76. The van der Waals surface area contributed by atoms with E-state index in [1.54, 1.807) is 0 Å². The van der Waals surface area contributed by atoms with Gasteiger partial charge in [0.1, 0.15) is 12.1 Å². The minimum atomic E-state index is 0.393. The van der Waals surface area contributed by atoms with Crippen molar-refractivity contribution >= 4 is 12.1 Å². The van der Waals surface area contributed by atoms with Crippen molar-refractivity contribution in [3.05, 3.63) is 0 Å². The van der Waals surface area contributed by atoms with E-state index in [-0.39, 0.29) is 0 Å². The lowest BCUT2D eigenvalue weighted by Gasteiger charge is -1.99. The lowest BCUT2D eigenvalue weighted by molar-refractivity contribution is -0.119. The van der Waals surface area contributed by atoms with Gasteiger partial charge in [0.15, 0.2) is 0 Å². The van der Waals surface area contributed by atoms with Crippen LogP contribution >= 0.6 is 0 Å². The molecule has 0 heterocycles. The second kappa shape index (κ2) is 10.4. The van der Waals surface area contributed by atoms with Crippen LogP contribution in [-0.2, 0) is 9.59 Å². The number of hydrogen-bond acceptors (Lipinski definition) is 2. The predicted octanol–water partition coefficient (Wildman–Crippen LogP) is 3.29. The molecule has 0 aliphatic heterocycles. The minimum Gasteiger partial charge on any atom is -0.303 e. The molecule has 82 valence electrons. The molecule has 2 heteroatoms. The first kappa shape index (κ1) is 13.3. The summed E-state index contributed by atoms with van der Waals surface area (Å²) >= 11 is 0. The highest BCUT2D eigenvalue weighted by atomic mass is 16.1. The van der Waals surface area contributed by atoms with Crippen LogP contribution in [0.15, 0.2) is 0 Å². The van der Waals surface area contributed by atoms with Gasteiger partial charge in [-0.2, -0.15) is 0 Å². The predicted molar refractivity (Wildman–Crippen MR) is 58.3 cm³/mol. The Bertz CT molecular complexity index is 152. The summed E-state index contributed by atoms with van der Waals surface area (Å²) in [5, 5.41) is 0. The van der Waals surface area contributed by atoms with E-state index in [9.17, 15) is 9.59 Å². The third kappa shape index (κ3) is 9.43. The molecule has 0 aromatic carbocycles. The average molecular weight is 198 g/mol. The smallest absolute Gasteiger partial charge is 0.132 e. The minimum absolute atomic E-state index is 0.393. The number of Topliss-reactive ketones (excluding diaryl/α,β-unsaturated/α-hetero) is 1. The van der Waals surface area contributed by atoms with E-state index in [2.05, 4.69) is 6.92 Å². The van der Waals surface area contributed by atoms with Gasteiger partial charge < -0.3 is 4.79 Å². The van der Waals surface area contributed by atoms with E-state index in [1.807, 2.05) is 0 Å². The van der Waals surface area contributed by atoms with E-state index in [0.717, 1.165) is 44.8 Å². The molecule has 0 atom stereocenters. The molecular weight excluding hydrogens is 176 g/mol. The molecule has 0 radical (unpaired) electrons. The van der Waals surface area contributed by atoms with Crippen molar-refractivity contribution < 1.29 is 9.59 Å². The molecule has 2 nitrogen and oxygen atoms in total. The highest BCUT2D eigenvalue weighted by Crippen LogP contribution is 2.07. The van der Waals surface area contributed by atoms with E-state index >= 15 is 0 Å². The zero-order chi connectivity index (χ0) is 10.6. The molecule has 0 rings (SSSR count). The fourth-order valence-corrected chi connectivity index (χ4v) is 1.42. The Hall–Kier alpha value is -0.660. The van der Waals surface area contributed by atoms with Crippen molar-refractivity contribution in [2.75, 3.05) is 0 Å². The van der Waals surface area contributed by atoms with Crippen molar-refractivity contribution in [1.29, 1.82) is 0 Å². The van der Waals surface area contributed by atoms with Gasteiger partial charge in [0.05, 0.1) is 0 Å². The molecule has 0 aliphatic rings. The molecule has 0 spiro atoms. The van der Waals surface area contributed by atoms with Crippen LogP contribution in [-0.4, -0.2) is 12.1 Å². The summed E-state index contributed by atoms with van der Waals surface area (Å²) in [6.07, 6.45) is 9.34. The fourth-order valence-electron chi connectivity index (χ4n) is 1.42. The van der Waals surface area contributed by atoms with E-state index < -0.39 is 0 Å². The molecule has 0 aromatic heterocycles. The van der Waals surface area contributed by atoms with Gasteiger partial charge in [-0.25, -0.2) is 0 Å². The maximum atomic E-state index is 11.3. The summed E-state index contributed by atoms with van der Waals surface area (Å²) in [7, 11) is 0. The second-order valence-corrected chi connectivity index (χ2v) is 3.76. The number of rotatable bonds is 10. The first-order chi connectivity index (χ1) is 6.81. The molecule has 0 N–H and O–H groups in total. The summed E-state index contributed by atoms with van der Waals surface area (Å²) < 4.78 is 0. The Labute approximate surface area is 87.1 Å². The summed E-state index contributed by atoms with van der Waals surface area (Å²) in [5.41, 5.74) is 0. The third-order valence-corrected chi connectivity index (χ3v) is 2.34. The van der Waals surface area contributed by atoms with Crippen LogP contribution in [0.5, 0.6) is 0 Å². The van der Waals surface area contributed by atoms with Gasteiger partial charge in [-0.15, -0.1) is 0 Å². The molecule has 0 aliphatic carbocycles. The summed E-state index contributed by atoms with van der Waals surface area (Å²) in [6, 6.07) is 0. The zero-order valence-corrected chi connectivity index (χ0v) is 9.26. The molecule has 0 aromatic rings. The quantitative estimate of drug-likeness (QED) is 0.399. The van der Waals surface area contributed by atoms with Gasteiger partial charge in [0.2, 0.25) is 0 Å². The number of unbranched alkanes of at least 4 members (excludes halogenated alkanes) is 5. The largest absolute Gasteiger partial charge is 0.303 e. The van der Waals surface area contributed by atoms with E-state index in [1.165, 1.54) is 6.42 Å². The highest BCUT2D eigenvalue weighted by Gasteiger charge is 2.00. The van der Waals surface area contributed by atoms with Crippen LogP contribution in [0.3, 0.4) is 0 Å². The van der Waals surface area contributed by atoms with Gasteiger partial charge in [-0.3, -0.25) is 4.79 Å². The highest BCUT2D eigenvalue weighted by molar-refractivity contribution is 5.78. The Morgan fingerprint density at radius 2 is 1.64 bits per heavy atom. The number of ketones is 1. The molecule has 0 fully saturated rings. The average Bonchev–Trinajstić information content (AvgIpc) is 2.18. The summed E-state index contributed by atoms with van der Waals surface area (Å²) in [4.78, 5) is 21.3. The van der Waals surface area contributed by atoms with Gasteiger partial charge in [0, 0.05) is 19.3 Å². The number of aldehydes is 1. The Morgan fingerprint density at radius 3 is 2.21 bits per heavy atom. The standard InChI is InChI=1S/C12H22O2/c1-2-3-6-9-12(14)10-7-4-5-8-11-13/h11H,2-10H2,1H3. The van der Waals surface area contributed by atoms with Gasteiger partial charge in [-0.05, 0) is 19.3 Å². The van der Waals surface area contributed by atoms with Crippen molar-refractivity contribution in [1.82, 2.24) is 0 Å². The van der Waals surface area contributed by atoms with Gasteiger partial charge >= 0.3 is 0 Å². The Morgan fingerprint density at radius 1 is 1.00 bits per heavy atom. The van der Waals surface area contributed by atoms with Crippen LogP contribution in [0.4, 0.5) is 0 Å². The first-order valence-corrected chi connectivity index (χ1v) is 5.76. The summed E-state index contributed by atoms with van der Waals surface area (Å²) in [6.45, 7) is 2.14. The van der Waals surface area contributed by atoms with Gasteiger partial charge in [-0.1, -0.05) is 26.2 Å². The molecule has 0 amide bonds. The Kier molecular flexibility index (Phi) is 9.93. The van der Waals surface area contributed by atoms with E-state index in [4.69, 9.17) is 0 Å². The van der Waals surface area contributed by atoms with Crippen molar-refractivity contribution in [2.45, 2.75) is 64.7 Å². The van der Waals surface area contributed by atoms with Crippen LogP contribution in [0, 0.1) is 0 Å². The number of carbonyl (C=O) groups excluding carboxylic acids is 2. The van der Waals surface area contributed by atoms with Crippen LogP contribution < -0.4 is 0 Å². The fraction of sp³-hybridized carbons (Fsp3) is 0.833. The lowest BCUT2D eigenvalue weighted by atomic mass is 10.1.